The van der Waals surface area contributed by atoms with Crippen LogP contribution in [0.3, 0.4) is 0 Å². The fourth-order valence-corrected chi connectivity index (χ4v) is 7.26. The Balaban J connectivity index is 1.93. The molecule has 3 aliphatic rings. The van der Waals surface area contributed by atoms with E-state index in [1.165, 1.54) is 18.4 Å². The Hall–Kier alpha value is -0.123. The first-order valence-electron chi connectivity index (χ1n) is 9.80. The summed E-state index contributed by atoms with van der Waals surface area (Å²) in [6, 6.07) is 0. The van der Waals surface area contributed by atoms with E-state index in [1.807, 2.05) is 0 Å². The van der Waals surface area contributed by atoms with Gasteiger partial charge in [0.1, 0.15) is 0 Å². The van der Waals surface area contributed by atoms with Crippen LogP contribution in [0.15, 0.2) is 12.2 Å². The summed E-state index contributed by atoms with van der Waals surface area (Å²) in [5.74, 6) is 1.23. The molecule has 1 N–H and O–H groups in total. The Morgan fingerprint density at radius 2 is 1.79 bits per heavy atom. The van der Waals surface area contributed by atoms with Gasteiger partial charge in [-0.25, -0.2) is 0 Å². The summed E-state index contributed by atoms with van der Waals surface area (Å²) in [7, 11) is -1.84. The minimum Gasteiger partial charge on any atom is -0.407 e. The first-order chi connectivity index (χ1) is 10.8. The Morgan fingerprint density at radius 3 is 2.25 bits per heavy atom. The van der Waals surface area contributed by atoms with Crippen molar-refractivity contribution in [3.05, 3.63) is 12.2 Å². The van der Waals surface area contributed by atoms with Crippen LogP contribution in [0.25, 0.3) is 0 Å². The zero-order valence-corrected chi connectivity index (χ0v) is 18.0. The Bertz CT molecular complexity index is 549. The largest absolute Gasteiger partial charge is 0.407 e. The predicted octanol–water partition coefficient (Wildman–Crippen LogP) is 5.53. The molecule has 0 spiro atoms. The van der Waals surface area contributed by atoms with Crippen LogP contribution in [0.2, 0.25) is 18.1 Å². The van der Waals surface area contributed by atoms with E-state index in [2.05, 4.69) is 54.3 Å². The third-order valence-corrected chi connectivity index (χ3v) is 12.8. The van der Waals surface area contributed by atoms with Gasteiger partial charge in [-0.05, 0) is 78.5 Å². The molecule has 3 rings (SSSR count). The molecule has 0 amide bonds. The number of aliphatic hydroxyl groups is 1. The van der Waals surface area contributed by atoms with Gasteiger partial charge in [-0.2, -0.15) is 0 Å². The van der Waals surface area contributed by atoms with E-state index < -0.39 is 8.32 Å². The van der Waals surface area contributed by atoms with Crippen LogP contribution in [0, 0.1) is 22.7 Å². The molecule has 0 aliphatic heterocycles. The highest BCUT2D eigenvalue weighted by molar-refractivity contribution is 6.74. The zero-order chi connectivity index (χ0) is 18.2. The summed E-state index contributed by atoms with van der Waals surface area (Å²) in [5, 5.41) is 10.1. The molecular weight excluding hydrogens is 312 g/mol. The monoisotopic (exact) mass is 350 g/mol. The number of hydrogen-bond donors (Lipinski definition) is 1. The fourth-order valence-electron chi connectivity index (χ4n) is 5.61. The molecule has 0 aromatic carbocycles. The minimum atomic E-state index is -1.84. The predicted molar refractivity (Wildman–Crippen MR) is 104 cm³/mol. The van der Waals surface area contributed by atoms with Gasteiger partial charge in [-0.1, -0.05) is 41.2 Å². The standard InChI is InChI=1S/C21H38O2Si/c1-15-17-13-19(5,14-22)11-16(17)12-20(6)9-10-21(15,20)23-24(7,8)18(2,3)4/h16-17,22H,1,9-14H2,2-8H3/t16-,17+,19-,20-,21-/m0/s1. The van der Waals surface area contributed by atoms with E-state index in [9.17, 15) is 5.11 Å². The highest BCUT2D eigenvalue weighted by atomic mass is 28.4. The second kappa shape index (κ2) is 5.20. The summed E-state index contributed by atoms with van der Waals surface area (Å²) < 4.78 is 7.13. The lowest BCUT2D eigenvalue weighted by molar-refractivity contribution is -0.153. The number of aliphatic hydroxyl groups excluding tert-OH is 1. The topological polar surface area (TPSA) is 29.5 Å². The summed E-state index contributed by atoms with van der Waals surface area (Å²) in [4.78, 5) is 0. The molecule has 3 saturated carbocycles. The number of rotatable bonds is 3. The van der Waals surface area contributed by atoms with Gasteiger partial charge < -0.3 is 9.53 Å². The van der Waals surface area contributed by atoms with Gasteiger partial charge in [-0.15, -0.1) is 0 Å². The van der Waals surface area contributed by atoms with Crippen LogP contribution in [0.1, 0.15) is 66.7 Å². The van der Waals surface area contributed by atoms with E-state index >= 15 is 0 Å². The molecule has 3 heteroatoms. The van der Waals surface area contributed by atoms with E-state index in [1.54, 1.807) is 0 Å². The SMILES string of the molecule is C=C1[C@H]2C[C@@](C)(CO)C[C@H]2C[C@]2(C)CC[C@]12O[Si](C)(C)C(C)(C)C. The van der Waals surface area contributed by atoms with Crippen LogP contribution in [-0.4, -0.2) is 25.6 Å². The van der Waals surface area contributed by atoms with Crippen LogP contribution >= 0.6 is 0 Å². The average Bonchev–Trinajstić information content (AvgIpc) is 2.78. The normalized spacial score (nSPS) is 45.6. The molecule has 0 bridgehead atoms. The maximum atomic E-state index is 9.87. The van der Waals surface area contributed by atoms with Crippen molar-refractivity contribution >= 4 is 8.32 Å². The molecule has 0 saturated heterocycles. The van der Waals surface area contributed by atoms with Crippen LogP contribution in [-0.2, 0) is 4.43 Å². The van der Waals surface area contributed by atoms with E-state index in [0.29, 0.717) is 18.4 Å². The summed E-state index contributed by atoms with van der Waals surface area (Å²) in [6.45, 7) is 21.4. The van der Waals surface area contributed by atoms with Gasteiger partial charge in [0.2, 0.25) is 0 Å². The summed E-state index contributed by atoms with van der Waals surface area (Å²) in [6.07, 6.45) is 5.90. The zero-order valence-electron chi connectivity index (χ0n) is 17.0. The second-order valence-electron chi connectivity index (χ2n) is 11.2. The molecule has 5 atom stereocenters. The van der Waals surface area contributed by atoms with Gasteiger partial charge in [0.05, 0.1) is 5.60 Å². The molecular formula is C21H38O2Si. The molecule has 3 aliphatic carbocycles. The van der Waals surface area contributed by atoms with Crippen molar-refractivity contribution in [3.63, 3.8) is 0 Å². The summed E-state index contributed by atoms with van der Waals surface area (Å²) in [5.41, 5.74) is 1.60. The lowest BCUT2D eigenvalue weighted by atomic mass is 9.46. The molecule has 3 fully saturated rings. The van der Waals surface area contributed by atoms with Gasteiger partial charge in [-0.3, -0.25) is 0 Å². The quantitative estimate of drug-likeness (QED) is 0.535. The first-order valence-corrected chi connectivity index (χ1v) is 12.7. The summed E-state index contributed by atoms with van der Waals surface area (Å²) >= 11 is 0. The third kappa shape index (κ3) is 2.41. The molecule has 0 radical (unpaired) electrons. The van der Waals surface area contributed by atoms with Crippen molar-refractivity contribution in [1.29, 1.82) is 0 Å². The van der Waals surface area contributed by atoms with Crippen molar-refractivity contribution in [1.82, 2.24) is 0 Å². The van der Waals surface area contributed by atoms with E-state index in [4.69, 9.17) is 4.43 Å². The number of hydrogen-bond acceptors (Lipinski definition) is 2. The van der Waals surface area contributed by atoms with Gasteiger partial charge in [0.25, 0.3) is 0 Å². The van der Waals surface area contributed by atoms with Crippen molar-refractivity contribution in [2.45, 2.75) is 90.5 Å². The molecule has 0 heterocycles. The molecule has 0 unspecified atom stereocenters. The van der Waals surface area contributed by atoms with Gasteiger partial charge >= 0.3 is 0 Å². The Labute approximate surface area is 150 Å². The maximum absolute atomic E-state index is 9.87. The van der Waals surface area contributed by atoms with Crippen molar-refractivity contribution < 1.29 is 9.53 Å². The third-order valence-electron chi connectivity index (χ3n) is 8.34. The van der Waals surface area contributed by atoms with E-state index in [0.717, 1.165) is 19.3 Å². The lowest BCUT2D eigenvalue weighted by Gasteiger charge is -2.66. The fraction of sp³-hybridized carbons (Fsp3) is 0.905. The second-order valence-corrected chi connectivity index (χ2v) is 15.9. The molecule has 2 nitrogen and oxygen atoms in total. The molecule has 0 aromatic heterocycles. The molecule has 138 valence electrons. The van der Waals surface area contributed by atoms with Crippen molar-refractivity contribution in [2.75, 3.05) is 6.61 Å². The Kier molecular flexibility index (Phi) is 4.04. The van der Waals surface area contributed by atoms with Gasteiger partial charge in [0.15, 0.2) is 8.32 Å². The smallest absolute Gasteiger partial charge is 0.193 e. The molecule has 0 aromatic rings. The average molecular weight is 351 g/mol. The highest BCUT2D eigenvalue weighted by Gasteiger charge is 2.67. The maximum Gasteiger partial charge on any atom is 0.193 e. The van der Waals surface area contributed by atoms with Gasteiger partial charge in [0, 0.05) is 6.61 Å². The highest BCUT2D eigenvalue weighted by Crippen LogP contribution is 2.70. The van der Waals surface area contributed by atoms with Crippen LogP contribution in [0.5, 0.6) is 0 Å². The van der Waals surface area contributed by atoms with Crippen LogP contribution < -0.4 is 0 Å². The van der Waals surface area contributed by atoms with E-state index in [-0.39, 0.29) is 21.5 Å². The first kappa shape index (κ1) is 18.7. The van der Waals surface area contributed by atoms with Crippen LogP contribution in [0.4, 0.5) is 0 Å². The lowest BCUT2D eigenvalue weighted by Crippen LogP contribution is -2.67. The Morgan fingerprint density at radius 1 is 1.17 bits per heavy atom. The number of fused-ring (bicyclic) bond motifs is 2. The van der Waals surface area contributed by atoms with Crippen molar-refractivity contribution in [3.8, 4) is 0 Å². The molecule has 24 heavy (non-hydrogen) atoms. The minimum absolute atomic E-state index is 0.0799. The van der Waals surface area contributed by atoms with Crippen molar-refractivity contribution in [2.24, 2.45) is 22.7 Å².